The fraction of sp³-hybridized carbons (Fsp3) is 0.714. The van der Waals surface area contributed by atoms with Crippen LogP contribution in [0.4, 0.5) is 0 Å². The maximum atomic E-state index is 5.45. The highest BCUT2D eigenvalue weighted by atomic mass is 16.3. The molecule has 1 aromatic heterocycles. The Kier molecular flexibility index (Phi) is 1.82. The molecule has 86 valence electrons. The van der Waals surface area contributed by atoms with Gasteiger partial charge >= 0.3 is 0 Å². The van der Waals surface area contributed by atoms with Crippen molar-refractivity contribution in [1.29, 1.82) is 0 Å². The fourth-order valence-electron chi connectivity index (χ4n) is 4.46. The molecule has 0 radical (unpaired) electrons. The number of hydrogen-bond donors (Lipinski definition) is 1. The van der Waals surface area contributed by atoms with Crippen molar-refractivity contribution in [2.75, 3.05) is 0 Å². The summed E-state index contributed by atoms with van der Waals surface area (Å²) in [6.45, 7) is 2.22. The van der Waals surface area contributed by atoms with Crippen LogP contribution >= 0.6 is 0 Å². The van der Waals surface area contributed by atoms with Gasteiger partial charge in [-0.2, -0.15) is 0 Å². The van der Waals surface area contributed by atoms with Crippen LogP contribution in [0.3, 0.4) is 0 Å². The van der Waals surface area contributed by atoms with Gasteiger partial charge in [-0.3, -0.25) is 0 Å². The molecular formula is C14H19NO. The molecule has 3 aliphatic rings. The van der Waals surface area contributed by atoms with Gasteiger partial charge in [-0.05, 0) is 62.0 Å². The molecule has 1 N–H and O–H groups in total. The summed E-state index contributed by atoms with van der Waals surface area (Å²) < 4.78 is 5.45. The van der Waals surface area contributed by atoms with Gasteiger partial charge in [0.05, 0.1) is 12.3 Å². The van der Waals surface area contributed by atoms with Crippen LogP contribution < -0.4 is 5.32 Å². The quantitative estimate of drug-likeness (QED) is 0.842. The summed E-state index contributed by atoms with van der Waals surface area (Å²) in [5, 5.41) is 3.77. The smallest absolute Gasteiger partial charge is 0.120 e. The van der Waals surface area contributed by atoms with Crippen LogP contribution in [-0.2, 0) is 0 Å². The van der Waals surface area contributed by atoms with E-state index in [0.717, 1.165) is 35.5 Å². The molecule has 3 aliphatic carbocycles. The second-order valence-corrected chi connectivity index (χ2v) is 5.92. The zero-order chi connectivity index (χ0) is 10.7. The van der Waals surface area contributed by atoms with Crippen LogP contribution in [0.25, 0.3) is 0 Å². The first kappa shape index (κ1) is 9.29. The van der Waals surface area contributed by atoms with Gasteiger partial charge in [0.1, 0.15) is 5.76 Å². The molecule has 3 saturated carbocycles. The predicted molar refractivity (Wildman–Crippen MR) is 61.9 cm³/mol. The first-order valence-electron chi connectivity index (χ1n) is 6.64. The summed E-state index contributed by atoms with van der Waals surface area (Å²) in [6.07, 6.45) is 6.30. The summed E-state index contributed by atoms with van der Waals surface area (Å²) in [5.41, 5.74) is 0. The summed E-state index contributed by atoms with van der Waals surface area (Å²) in [5.74, 6) is 5.21. The lowest BCUT2D eigenvalue weighted by atomic mass is 10.0. The average molecular weight is 217 g/mol. The van der Waals surface area contributed by atoms with Crippen LogP contribution in [0.15, 0.2) is 22.8 Å². The van der Waals surface area contributed by atoms with E-state index in [0.29, 0.717) is 6.04 Å². The van der Waals surface area contributed by atoms with E-state index in [1.165, 1.54) is 19.3 Å². The second-order valence-electron chi connectivity index (χ2n) is 5.92. The highest BCUT2D eigenvalue weighted by Crippen LogP contribution is 2.65. The Balaban J connectivity index is 1.44. The predicted octanol–water partition coefficient (Wildman–Crippen LogP) is 2.97. The van der Waals surface area contributed by atoms with Gasteiger partial charge in [0, 0.05) is 6.04 Å². The molecule has 3 fully saturated rings. The van der Waals surface area contributed by atoms with Gasteiger partial charge in [-0.25, -0.2) is 0 Å². The van der Waals surface area contributed by atoms with Crippen LogP contribution in [0.5, 0.6) is 0 Å². The standard InChI is InChI=1S/C14H19NO/c1-8(11-3-2-6-16-11)15-14-12-9-4-5-10(7-9)13(12)14/h2-3,6,8-10,12-15H,4-5,7H2,1H3. The van der Waals surface area contributed by atoms with E-state index in [2.05, 4.69) is 18.3 Å². The van der Waals surface area contributed by atoms with Crippen molar-refractivity contribution in [2.45, 2.75) is 38.3 Å². The van der Waals surface area contributed by atoms with Crippen molar-refractivity contribution >= 4 is 0 Å². The Morgan fingerprint density at radius 2 is 2.06 bits per heavy atom. The minimum Gasteiger partial charge on any atom is -0.468 e. The van der Waals surface area contributed by atoms with Crippen LogP contribution in [0.2, 0.25) is 0 Å². The van der Waals surface area contributed by atoms with E-state index in [1.807, 2.05) is 6.07 Å². The maximum Gasteiger partial charge on any atom is 0.120 e. The minimum absolute atomic E-state index is 0.380. The topological polar surface area (TPSA) is 25.2 Å². The molecule has 1 heterocycles. The van der Waals surface area contributed by atoms with Crippen LogP contribution in [-0.4, -0.2) is 6.04 Å². The zero-order valence-electron chi connectivity index (χ0n) is 9.73. The zero-order valence-corrected chi connectivity index (χ0v) is 9.73. The molecule has 0 saturated heterocycles. The molecule has 0 aromatic carbocycles. The van der Waals surface area contributed by atoms with E-state index < -0.39 is 0 Å². The van der Waals surface area contributed by atoms with Gasteiger partial charge in [0.15, 0.2) is 0 Å². The van der Waals surface area contributed by atoms with Gasteiger partial charge < -0.3 is 9.73 Å². The first-order valence-corrected chi connectivity index (χ1v) is 6.64. The van der Waals surface area contributed by atoms with Crippen molar-refractivity contribution in [2.24, 2.45) is 23.7 Å². The average Bonchev–Trinajstić information content (AvgIpc) is 2.81. The molecule has 2 nitrogen and oxygen atoms in total. The molecule has 0 aliphatic heterocycles. The molecular weight excluding hydrogens is 198 g/mol. The Labute approximate surface area is 96.4 Å². The first-order chi connectivity index (χ1) is 7.84. The minimum atomic E-state index is 0.380. The lowest BCUT2D eigenvalue weighted by Gasteiger charge is -2.15. The SMILES string of the molecule is CC(NC1C2C3CCC(C3)C12)c1ccco1. The Bertz CT molecular complexity index is 369. The largest absolute Gasteiger partial charge is 0.468 e. The Morgan fingerprint density at radius 1 is 1.31 bits per heavy atom. The van der Waals surface area contributed by atoms with Crippen LogP contribution in [0, 0.1) is 23.7 Å². The van der Waals surface area contributed by atoms with Crippen molar-refractivity contribution in [3.8, 4) is 0 Å². The molecule has 1 aromatic rings. The third-order valence-corrected chi connectivity index (χ3v) is 5.15. The lowest BCUT2D eigenvalue weighted by Crippen LogP contribution is -2.25. The van der Waals surface area contributed by atoms with E-state index in [1.54, 1.807) is 6.26 Å². The third-order valence-electron chi connectivity index (χ3n) is 5.15. The van der Waals surface area contributed by atoms with Crippen LogP contribution in [0.1, 0.15) is 38.0 Å². The molecule has 2 heteroatoms. The summed E-state index contributed by atoms with van der Waals surface area (Å²) in [6, 6.07) is 5.23. The summed E-state index contributed by atoms with van der Waals surface area (Å²) >= 11 is 0. The van der Waals surface area contributed by atoms with E-state index in [4.69, 9.17) is 4.42 Å². The Hall–Kier alpha value is -0.760. The Morgan fingerprint density at radius 3 is 2.69 bits per heavy atom. The van der Waals surface area contributed by atoms with E-state index >= 15 is 0 Å². The van der Waals surface area contributed by atoms with Gasteiger partial charge in [0.2, 0.25) is 0 Å². The molecule has 0 amide bonds. The maximum absolute atomic E-state index is 5.45. The molecule has 5 atom stereocenters. The fourth-order valence-corrected chi connectivity index (χ4v) is 4.46. The van der Waals surface area contributed by atoms with E-state index in [9.17, 15) is 0 Å². The second kappa shape index (κ2) is 3.13. The number of furan rings is 1. The third kappa shape index (κ3) is 1.17. The number of fused-ring (bicyclic) bond motifs is 5. The molecule has 5 unspecified atom stereocenters. The van der Waals surface area contributed by atoms with Gasteiger partial charge in [0.25, 0.3) is 0 Å². The summed E-state index contributed by atoms with van der Waals surface area (Å²) in [7, 11) is 0. The van der Waals surface area contributed by atoms with Gasteiger partial charge in [-0.15, -0.1) is 0 Å². The summed E-state index contributed by atoms with van der Waals surface area (Å²) in [4.78, 5) is 0. The molecule has 2 bridgehead atoms. The van der Waals surface area contributed by atoms with Crippen molar-refractivity contribution < 1.29 is 4.42 Å². The van der Waals surface area contributed by atoms with Crippen molar-refractivity contribution in [3.63, 3.8) is 0 Å². The van der Waals surface area contributed by atoms with Gasteiger partial charge in [-0.1, -0.05) is 0 Å². The highest BCUT2D eigenvalue weighted by Gasteiger charge is 2.64. The van der Waals surface area contributed by atoms with Crippen molar-refractivity contribution in [1.82, 2.24) is 5.32 Å². The lowest BCUT2D eigenvalue weighted by molar-refractivity contribution is 0.387. The van der Waals surface area contributed by atoms with E-state index in [-0.39, 0.29) is 0 Å². The number of nitrogens with one attached hydrogen (secondary N) is 1. The normalized spacial score (nSPS) is 45.7. The number of hydrogen-bond acceptors (Lipinski definition) is 2. The number of rotatable bonds is 3. The monoisotopic (exact) mass is 217 g/mol. The molecule has 0 spiro atoms. The van der Waals surface area contributed by atoms with Crippen molar-refractivity contribution in [3.05, 3.63) is 24.2 Å². The molecule has 16 heavy (non-hydrogen) atoms. The molecule has 4 rings (SSSR count). The highest BCUT2D eigenvalue weighted by molar-refractivity contribution is 5.18.